The third-order valence-corrected chi connectivity index (χ3v) is 3.13. The molecule has 0 aromatic heterocycles. The Morgan fingerprint density at radius 3 is 2.19 bits per heavy atom. The summed E-state index contributed by atoms with van der Waals surface area (Å²) in [6.07, 6.45) is 0.0159. The standard InChI is InChI=1S/C12H11NO3/c1-7(10-6-16-10)13-11(14)8-4-2-3-5-9(8)12(13)15/h2-5,7,10H,6H2,1H3/t7-,10+/m1/s1. The second-order valence-corrected chi connectivity index (χ2v) is 4.14. The first-order valence-electron chi connectivity index (χ1n) is 5.28. The number of hydrogen-bond acceptors (Lipinski definition) is 3. The zero-order valence-electron chi connectivity index (χ0n) is 8.84. The van der Waals surface area contributed by atoms with Gasteiger partial charge < -0.3 is 4.74 Å². The predicted octanol–water partition coefficient (Wildman–Crippen LogP) is 1.07. The molecule has 0 N–H and O–H groups in total. The maximum absolute atomic E-state index is 12.0. The van der Waals surface area contributed by atoms with Gasteiger partial charge in [-0.3, -0.25) is 14.5 Å². The molecule has 1 aromatic carbocycles. The highest BCUT2D eigenvalue weighted by Gasteiger charge is 2.44. The van der Waals surface area contributed by atoms with Gasteiger partial charge in [0.15, 0.2) is 0 Å². The first-order chi connectivity index (χ1) is 7.70. The van der Waals surface area contributed by atoms with E-state index in [4.69, 9.17) is 4.74 Å². The lowest BCUT2D eigenvalue weighted by Gasteiger charge is -2.20. The molecule has 16 heavy (non-hydrogen) atoms. The minimum absolute atomic E-state index is 0.0159. The molecule has 2 atom stereocenters. The van der Waals surface area contributed by atoms with E-state index in [0.29, 0.717) is 17.7 Å². The van der Waals surface area contributed by atoms with Crippen LogP contribution in [0.3, 0.4) is 0 Å². The number of carbonyl (C=O) groups excluding carboxylic acids is 2. The Labute approximate surface area is 92.8 Å². The molecule has 2 amide bonds. The number of rotatable bonds is 2. The van der Waals surface area contributed by atoms with Gasteiger partial charge in [-0.05, 0) is 19.1 Å². The minimum atomic E-state index is -0.205. The smallest absolute Gasteiger partial charge is 0.261 e. The second-order valence-electron chi connectivity index (χ2n) is 4.14. The largest absolute Gasteiger partial charge is 0.371 e. The van der Waals surface area contributed by atoms with E-state index in [0.717, 1.165) is 0 Å². The average Bonchev–Trinajstić information content (AvgIpc) is 3.09. The summed E-state index contributed by atoms with van der Waals surface area (Å²) in [7, 11) is 0. The molecule has 0 unspecified atom stereocenters. The third kappa shape index (κ3) is 1.20. The second kappa shape index (κ2) is 3.15. The van der Waals surface area contributed by atoms with E-state index in [1.165, 1.54) is 4.90 Å². The van der Waals surface area contributed by atoms with Gasteiger partial charge in [0.2, 0.25) is 0 Å². The highest BCUT2D eigenvalue weighted by Crippen LogP contribution is 2.28. The van der Waals surface area contributed by atoms with Gasteiger partial charge in [-0.25, -0.2) is 0 Å². The summed E-state index contributed by atoms with van der Waals surface area (Å²) in [5, 5.41) is 0. The number of imide groups is 1. The highest BCUT2D eigenvalue weighted by atomic mass is 16.6. The summed E-state index contributed by atoms with van der Waals surface area (Å²) >= 11 is 0. The van der Waals surface area contributed by atoms with Crippen molar-refractivity contribution in [2.24, 2.45) is 0 Å². The Bertz CT molecular complexity index is 444. The molecule has 1 saturated heterocycles. The Morgan fingerprint density at radius 1 is 1.25 bits per heavy atom. The zero-order valence-corrected chi connectivity index (χ0v) is 8.84. The minimum Gasteiger partial charge on any atom is -0.371 e. The Balaban J connectivity index is 2.00. The van der Waals surface area contributed by atoms with Crippen LogP contribution < -0.4 is 0 Å². The van der Waals surface area contributed by atoms with Gasteiger partial charge in [0.05, 0.1) is 23.8 Å². The number of benzene rings is 1. The number of amides is 2. The normalized spacial score (nSPS) is 24.6. The molecular formula is C12H11NO3. The average molecular weight is 217 g/mol. The van der Waals surface area contributed by atoms with Crippen molar-refractivity contribution in [3.05, 3.63) is 35.4 Å². The van der Waals surface area contributed by atoms with E-state index in [-0.39, 0.29) is 24.0 Å². The van der Waals surface area contributed by atoms with Gasteiger partial charge in [0.1, 0.15) is 6.10 Å². The molecule has 0 aliphatic carbocycles. The van der Waals surface area contributed by atoms with Crippen LogP contribution in [0, 0.1) is 0 Å². The molecule has 82 valence electrons. The lowest BCUT2D eigenvalue weighted by atomic mass is 10.1. The van der Waals surface area contributed by atoms with Gasteiger partial charge in [-0.15, -0.1) is 0 Å². The van der Waals surface area contributed by atoms with Crippen LogP contribution in [0.2, 0.25) is 0 Å². The quantitative estimate of drug-likeness (QED) is 0.550. The fourth-order valence-electron chi connectivity index (χ4n) is 2.08. The number of fused-ring (bicyclic) bond motifs is 1. The van der Waals surface area contributed by atoms with Crippen molar-refractivity contribution in [2.75, 3.05) is 6.61 Å². The molecule has 0 spiro atoms. The summed E-state index contributed by atoms with van der Waals surface area (Å²) in [6.45, 7) is 2.48. The van der Waals surface area contributed by atoms with E-state index < -0.39 is 0 Å². The maximum atomic E-state index is 12.0. The summed E-state index contributed by atoms with van der Waals surface area (Å²) in [5.74, 6) is -0.410. The van der Waals surface area contributed by atoms with Crippen molar-refractivity contribution in [3.63, 3.8) is 0 Å². The van der Waals surface area contributed by atoms with Crippen molar-refractivity contribution in [1.29, 1.82) is 0 Å². The van der Waals surface area contributed by atoms with Crippen LogP contribution in [0.25, 0.3) is 0 Å². The molecule has 1 aromatic rings. The van der Waals surface area contributed by atoms with Crippen LogP contribution >= 0.6 is 0 Å². The first kappa shape index (κ1) is 9.54. The van der Waals surface area contributed by atoms with Gasteiger partial charge in [-0.2, -0.15) is 0 Å². The Kier molecular flexibility index (Phi) is 1.88. The number of hydrogen-bond donors (Lipinski definition) is 0. The van der Waals surface area contributed by atoms with Gasteiger partial charge >= 0.3 is 0 Å². The maximum Gasteiger partial charge on any atom is 0.261 e. The molecule has 1 fully saturated rings. The first-order valence-corrected chi connectivity index (χ1v) is 5.28. The van der Waals surface area contributed by atoms with Crippen LogP contribution in [-0.4, -0.2) is 35.5 Å². The van der Waals surface area contributed by atoms with Crippen LogP contribution in [0.1, 0.15) is 27.6 Å². The van der Waals surface area contributed by atoms with Crippen molar-refractivity contribution < 1.29 is 14.3 Å². The van der Waals surface area contributed by atoms with E-state index in [9.17, 15) is 9.59 Å². The van der Waals surface area contributed by atoms with Gasteiger partial charge in [0, 0.05) is 0 Å². The highest BCUT2D eigenvalue weighted by molar-refractivity contribution is 6.21. The molecule has 2 aliphatic rings. The topological polar surface area (TPSA) is 49.9 Å². The fourth-order valence-corrected chi connectivity index (χ4v) is 2.08. The number of epoxide rings is 1. The predicted molar refractivity (Wildman–Crippen MR) is 56.1 cm³/mol. The Morgan fingerprint density at radius 2 is 1.75 bits per heavy atom. The van der Waals surface area contributed by atoms with E-state index in [1.807, 2.05) is 6.92 Å². The summed E-state index contributed by atoms with van der Waals surface area (Å²) in [4.78, 5) is 25.4. The van der Waals surface area contributed by atoms with E-state index in [1.54, 1.807) is 24.3 Å². The fraction of sp³-hybridized carbons (Fsp3) is 0.333. The van der Waals surface area contributed by atoms with Crippen molar-refractivity contribution in [2.45, 2.75) is 19.1 Å². The van der Waals surface area contributed by atoms with Crippen LogP contribution in [-0.2, 0) is 4.74 Å². The number of ether oxygens (including phenoxy) is 1. The zero-order chi connectivity index (χ0) is 11.3. The van der Waals surface area contributed by atoms with Crippen LogP contribution in [0.4, 0.5) is 0 Å². The molecule has 4 heteroatoms. The lowest BCUT2D eigenvalue weighted by molar-refractivity contribution is 0.0572. The van der Waals surface area contributed by atoms with Crippen LogP contribution in [0.5, 0.6) is 0 Å². The van der Waals surface area contributed by atoms with Gasteiger partial charge in [-0.1, -0.05) is 12.1 Å². The monoisotopic (exact) mass is 217 g/mol. The van der Waals surface area contributed by atoms with Crippen molar-refractivity contribution >= 4 is 11.8 Å². The molecule has 0 bridgehead atoms. The SMILES string of the molecule is C[C@H]([C@@H]1CO1)N1C(=O)c2ccccc2C1=O. The summed E-state index contributed by atoms with van der Waals surface area (Å²) < 4.78 is 5.13. The lowest BCUT2D eigenvalue weighted by Crippen LogP contribution is -2.41. The van der Waals surface area contributed by atoms with Gasteiger partial charge in [0.25, 0.3) is 11.8 Å². The van der Waals surface area contributed by atoms with E-state index in [2.05, 4.69) is 0 Å². The molecular weight excluding hydrogens is 206 g/mol. The molecule has 2 heterocycles. The van der Waals surface area contributed by atoms with Crippen molar-refractivity contribution in [1.82, 2.24) is 4.90 Å². The van der Waals surface area contributed by atoms with Crippen LogP contribution in [0.15, 0.2) is 24.3 Å². The number of carbonyl (C=O) groups is 2. The molecule has 2 aliphatic heterocycles. The van der Waals surface area contributed by atoms with E-state index >= 15 is 0 Å². The molecule has 0 radical (unpaired) electrons. The number of nitrogens with zero attached hydrogens (tertiary/aromatic N) is 1. The molecule has 4 nitrogen and oxygen atoms in total. The van der Waals surface area contributed by atoms with Crippen molar-refractivity contribution in [3.8, 4) is 0 Å². The third-order valence-electron chi connectivity index (χ3n) is 3.13. The summed E-state index contributed by atoms with van der Waals surface area (Å²) in [5.41, 5.74) is 1.00. The molecule has 3 rings (SSSR count). The summed E-state index contributed by atoms with van der Waals surface area (Å²) in [6, 6.07) is 6.75. The Hall–Kier alpha value is -1.68. The molecule has 0 saturated carbocycles.